The summed E-state index contributed by atoms with van der Waals surface area (Å²) in [5, 5.41) is 12.9. The second-order valence-corrected chi connectivity index (χ2v) is 7.42. The van der Waals surface area contributed by atoms with E-state index >= 15 is 0 Å². The quantitative estimate of drug-likeness (QED) is 0.356. The number of phenols is 1. The van der Waals surface area contributed by atoms with Gasteiger partial charge in [-0.2, -0.15) is 0 Å². The van der Waals surface area contributed by atoms with Gasteiger partial charge in [-0.05, 0) is 47.5 Å². The molecule has 1 amide bonds. The number of aromatic hydroxyl groups is 1. The maximum atomic E-state index is 14.2. The van der Waals surface area contributed by atoms with Crippen LogP contribution in [0, 0.1) is 11.6 Å². The average Bonchev–Trinajstić information content (AvgIpc) is 2.81. The Morgan fingerprint density at radius 2 is 1.70 bits per heavy atom. The number of amides is 1. The highest BCUT2D eigenvalue weighted by atomic mass is 19.1. The molecule has 0 bridgehead atoms. The van der Waals surface area contributed by atoms with Crippen LogP contribution in [-0.2, 0) is 6.42 Å². The van der Waals surface area contributed by atoms with Crippen LogP contribution < -0.4 is 10.1 Å². The predicted octanol–water partition coefficient (Wildman–Crippen LogP) is 6.21. The lowest BCUT2D eigenvalue weighted by Gasteiger charge is -2.11. The maximum Gasteiger partial charge on any atom is 0.259 e. The van der Waals surface area contributed by atoms with Gasteiger partial charge in [-0.15, -0.1) is 0 Å². The van der Waals surface area contributed by atoms with Crippen molar-refractivity contribution in [3.8, 4) is 22.6 Å². The fourth-order valence-corrected chi connectivity index (χ4v) is 3.40. The molecule has 0 aromatic heterocycles. The lowest BCUT2D eigenvalue weighted by molar-refractivity contribution is 0.102. The van der Waals surface area contributed by atoms with Crippen LogP contribution in [0.4, 0.5) is 14.5 Å². The van der Waals surface area contributed by atoms with Gasteiger partial charge in [0, 0.05) is 29.8 Å². The Hall–Kier alpha value is -4.19. The van der Waals surface area contributed by atoms with Gasteiger partial charge in [0.1, 0.15) is 23.1 Å². The van der Waals surface area contributed by atoms with E-state index in [2.05, 4.69) is 5.32 Å². The van der Waals surface area contributed by atoms with E-state index < -0.39 is 17.5 Å². The smallest absolute Gasteiger partial charge is 0.259 e. The molecule has 166 valence electrons. The standard InChI is InChI=1S/C27H21F2NO3/c28-20-10-11-23(25(29)16-20)19-9-12-26(31)24(15-19)27(32)30-21-7-4-8-22(17-21)33-14-13-18-5-2-1-3-6-18/h1-12,15-17,31H,13-14H2,(H,30,32). The topological polar surface area (TPSA) is 58.6 Å². The van der Waals surface area contributed by atoms with Crippen molar-refractivity contribution in [1.29, 1.82) is 0 Å². The van der Waals surface area contributed by atoms with E-state index in [1.54, 1.807) is 24.3 Å². The van der Waals surface area contributed by atoms with Crippen molar-refractivity contribution in [2.45, 2.75) is 6.42 Å². The number of hydrogen-bond donors (Lipinski definition) is 2. The molecular weight excluding hydrogens is 424 g/mol. The number of halogens is 2. The first-order valence-corrected chi connectivity index (χ1v) is 10.4. The first-order valence-electron chi connectivity index (χ1n) is 10.4. The van der Waals surface area contributed by atoms with E-state index in [0.29, 0.717) is 23.6 Å². The highest BCUT2D eigenvalue weighted by molar-refractivity contribution is 6.07. The van der Waals surface area contributed by atoms with Crippen molar-refractivity contribution >= 4 is 11.6 Å². The van der Waals surface area contributed by atoms with E-state index in [0.717, 1.165) is 24.1 Å². The van der Waals surface area contributed by atoms with Crippen LogP contribution in [0.3, 0.4) is 0 Å². The summed E-state index contributed by atoms with van der Waals surface area (Å²) in [6, 6.07) is 24.2. The summed E-state index contributed by atoms with van der Waals surface area (Å²) >= 11 is 0. The van der Waals surface area contributed by atoms with Crippen LogP contribution >= 0.6 is 0 Å². The van der Waals surface area contributed by atoms with Gasteiger partial charge < -0.3 is 15.2 Å². The van der Waals surface area contributed by atoms with Crippen molar-refractivity contribution < 1.29 is 23.4 Å². The minimum atomic E-state index is -0.757. The van der Waals surface area contributed by atoms with Gasteiger partial charge in [-0.1, -0.05) is 42.5 Å². The number of hydrogen-bond acceptors (Lipinski definition) is 3. The summed E-state index contributed by atoms with van der Waals surface area (Å²) in [4.78, 5) is 12.8. The Bertz CT molecular complexity index is 1280. The molecule has 6 heteroatoms. The zero-order chi connectivity index (χ0) is 23.2. The lowest BCUT2D eigenvalue weighted by Crippen LogP contribution is -2.12. The van der Waals surface area contributed by atoms with E-state index in [9.17, 15) is 18.7 Å². The van der Waals surface area contributed by atoms with E-state index in [1.165, 1.54) is 24.3 Å². The predicted molar refractivity (Wildman–Crippen MR) is 123 cm³/mol. The van der Waals surface area contributed by atoms with Gasteiger partial charge in [-0.25, -0.2) is 8.78 Å². The Balaban J connectivity index is 1.46. The van der Waals surface area contributed by atoms with Gasteiger partial charge in [0.05, 0.1) is 12.2 Å². The summed E-state index contributed by atoms with van der Waals surface area (Å²) in [7, 11) is 0. The summed E-state index contributed by atoms with van der Waals surface area (Å²) in [5.41, 5.74) is 2.07. The first-order chi connectivity index (χ1) is 16.0. The van der Waals surface area contributed by atoms with Crippen molar-refractivity contribution in [1.82, 2.24) is 0 Å². The number of carbonyl (C=O) groups excluding carboxylic acids is 1. The van der Waals surface area contributed by atoms with Crippen molar-refractivity contribution in [3.63, 3.8) is 0 Å². The molecule has 0 heterocycles. The molecule has 4 aromatic rings. The third-order valence-electron chi connectivity index (χ3n) is 5.08. The molecule has 0 fully saturated rings. The molecule has 0 aliphatic rings. The SMILES string of the molecule is O=C(Nc1cccc(OCCc2ccccc2)c1)c1cc(-c2ccc(F)cc2F)ccc1O. The van der Waals surface area contributed by atoms with Crippen molar-refractivity contribution in [2.24, 2.45) is 0 Å². The zero-order valence-electron chi connectivity index (χ0n) is 17.6. The Labute approximate surface area is 190 Å². The van der Waals surface area contributed by atoms with Gasteiger partial charge in [-0.3, -0.25) is 4.79 Å². The monoisotopic (exact) mass is 445 g/mol. The van der Waals surface area contributed by atoms with Crippen LogP contribution in [0.15, 0.2) is 91.0 Å². The fraction of sp³-hybridized carbons (Fsp3) is 0.0741. The molecule has 0 aliphatic carbocycles. The summed E-state index contributed by atoms with van der Waals surface area (Å²) in [6.45, 7) is 0.480. The minimum Gasteiger partial charge on any atom is -0.507 e. The van der Waals surface area contributed by atoms with Crippen LogP contribution in [0.25, 0.3) is 11.1 Å². The molecule has 4 nitrogen and oxygen atoms in total. The molecule has 0 radical (unpaired) electrons. The molecule has 4 rings (SSSR count). The molecule has 0 saturated carbocycles. The van der Waals surface area contributed by atoms with Gasteiger partial charge >= 0.3 is 0 Å². The second-order valence-electron chi connectivity index (χ2n) is 7.42. The Morgan fingerprint density at radius 3 is 2.48 bits per heavy atom. The number of benzene rings is 4. The Morgan fingerprint density at radius 1 is 0.879 bits per heavy atom. The normalized spacial score (nSPS) is 10.6. The van der Waals surface area contributed by atoms with Gasteiger partial charge in [0.25, 0.3) is 5.91 Å². The molecule has 0 aliphatic heterocycles. The average molecular weight is 445 g/mol. The van der Waals surface area contributed by atoms with Crippen LogP contribution in [0.5, 0.6) is 11.5 Å². The number of anilines is 1. The largest absolute Gasteiger partial charge is 0.507 e. The number of carbonyl (C=O) groups is 1. The molecule has 33 heavy (non-hydrogen) atoms. The molecule has 0 unspecified atom stereocenters. The first kappa shape index (κ1) is 22.0. The third-order valence-corrected chi connectivity index (χ3v) is 5.08. The van der Waals surface area contributed by atoms with E-state index in [-0.39, 0.29) is 16.9 Å². The van der Waals surface area contributed by atoms with Gasteiger partial charge in [0.2, 0.25) is 0 Å². The summed E-state index contributed by atoms with van der Waals surface area (Å²) in [5.74, 6) is -1.69. The number of nitrogens with one attached hydrogen (secondary N) is 1. The van der Waals surface area contributed by atoms with Crippen molar-refractivity contribution in [2.75, 3.05) is 11.9 Å². The molecule has 0 spiro atoms. The number of phenolic OH excluding ortho intramolecular Hbond substituents is 1. The minimum absolute atomic E-state index is 0.0355. The summed E-state index contributed by atoms with van der Waals surface area (Å²) in [6.07, 6.45) is 0.748. The van der Waals surface area contributed by atoms with E-state index in [4.69, 9.17) is 4.74 Å². The number of ether oxygens (including phenoxy) is 1. The molecule has 4 aromatic carbocycles. The molecular formula is C27H21F2NO3. The van der Waals surface area contributed by atoms with Crippen molar-refractivity contribution in [3.05, 3.63) is 114 Å². The molecule has 0 atom stereocenters. The lowest BCUT2D eigenvalue weighted by atomic mass is 10.0. The zero-order valence-corrected chi connectivity index (χ0v) is 17.6. The fourth-order valence-electron chi connectivity index (χ4n) is 3.40. The molecule has 0 saturated heterocycles. The number of rotatable bonds is 7. The van der Waals surface area contributed by atoms with Gasteiger partial charge in [0.15, 0.2) is 0 Å². The third kappa shape index (κ3) is 5.54. The Kier molecular flexibility index (Phi) is 6.64. The van der Waals surface area contributed by atoms with Crippen LogP contribution in [0.1, 0.15) is 15.9 Å². The van der Waals surface area contributed by atoms with Crippen LogP contribution in [0.2, 0.25) is 0 Å². The highest BCUT2D eigenvalue weighted by Gasteiger charge is 2.15. The van der Waals surface area contributed by atoms with E-state index in [1.807, 2.05) is 30.3 Å². The molecule has 2 N–H and O–H groups in total. The highest BCUT2D eigenvalue weighted by Crippen LogP contribution is 2.29. The maximum absolute atomic E-state index is 14.2. The van der Waals surface area contributed by atoms with Crippen LogP contribution in [-0.4, -0.2) is 17.6 Å². The second kappa shape index (κ2) is 9.96. The summed E-state index contributed by atoms with van der Waals surface area (Å²) < 4.78 is 33.2.